The van der Waals surface area contributed by atoms with E-state index in [4.69, 9.17) is 5.73 Å². The molecule has 0 unspecified atom stereocenters. The highest BCUT2D eigenvalue weighted by Gasteiger charge is 2.06. The SMILES string of the molecule is NC1=CC(C2=CCCC=C2)=CCC1. The normalized spacial score (nSPS) is 22.0. The molecule has 1 nitrogen and oxygen atoms in total. The molecule has 0 fully saturated rings. The summed E-state index contributed by atoms with van der Waals surface area (Å²) >= 11 is 0. The maximum Gasteiger partial charge on any atom is 0.00896 e. The Kier molecular flexibility index (Phi) is 2.35. The van der Waals surface area contributed by atoms with E-state index in [2.05, 4.69) is 30.4 Å². The number of allylic oxidation sites excluding steroid dienone is 8. The summed E-state index contributed by atoms with van der Waals surface area (Å²) in [5, 5.41) is 0. The van der Waals surface area contributed by atoms with Crippen LogP contribution in [0.15, 0.2) is 47.2 Å². The van der Waals surface area contributed by atoms with E-state index in [-0.39, 0.29) is 0 Å². The van der Waals surface area contributed by atoms with Gasteiger partial charge in [-0.15, -0.1) is 0 Å². The Balaban J connectivity index is 2.21. The van der Waals surface area contributed by atoms with Crippen molar-refractivity contribution in [1.82, 2.24) is 0 Å². The third-order valence-electron chi connectivity index (χ3n) is 2.47. The van der Waals surface area contributed by atoms with Crippen molar-refractivity contribution in [2.24, 2.45) is 5.73 Å². The molecular formula is C12H15N. The first-order chi connectivity index (χ1) is 6.36. The zero-order valence-corrected chi connectivity index (χ0v) is 7.79. The Hall–Kier alpha value is -1.24. The summed E-state index contributed by atoms with van der Waals surface area (Å²) in [6.45, 7) is 0. The summed E-state index contributed by atoms with van der Waals surface area (Å²) in [7, 11) is 0. The van der Waals surface area contributed by atoms with Crippen molar-refractivity contribution < 1.29 is 0 Å². The van der Waals surface area contributed by atoms with Crippen LogP contribution in [0.2, 0.25) is 0 Å². The van der Waals surface area contributed by atoms with Crippen molar-refractivity contribution in [2.45, 2.75) is 25.7 Å². The third-order valence-corrected chi connectivity index (χ3v) is 2.47. The van der Waals surface area contributed by atoms with E-state index in [1.807, 2.05) is 0 Å². The van der Waals surface area contributed by atoms with Gasteiger partial charge in [-0.25, -0.2) is 0 Å². The first kappa shape index (κ1) is 8.36. The van der Waals surface area contributed by atoms with Crippen molar-refractivity contribution in [3.8, 4) is 0 Å². The van der Waals surface area contributed by atoms with Gasteiger partial charge in [-0.05, 0) is 42.9 Å². The van der Waals surface area contributed by atoms with Gasteiger partial charge in [0.05, 0.1) is 0 Å². The van der Waals surface area contributed by atoms with Crippen LogP contribution in [0.4, 0.5) is 0 Å². The fraction of sp³-hybridized carbons (Fsp3) is 0.333. The molecule has 0 aromatic rings. The molecule has 2 N–H and O–H groups in total. The molecule has 0 atom stereocenters. The molecule has 0 aliphatic heterocycles. The smallest absolute Gasteiger partial charge is 0.00896 e. The molecule has 0 saturated heterocycles. The minimum Gasteiger partial charge on any atom is -0.402 e. The van der Waals surface area contributed by atoms with Gasteiger partial charge in [-0.2, -0.15) is 0 Å². The average Bonchev–Trinajstić information content (AvgIpc) is 2.19. The van der Waals surface area contributed by atoms with Crippen LogP contribution in [0.5, 0.6) is 0 Å². The highest BCUT2D eigenvalue weighted by Crippen LogP contribution is 2.24. The van der Waals surface area contributed by atoms with Crippen molar-refractivity contribution in [2.75, 3.05) is 0 Å². The minimum absolute atomic E-state index is 1.01. The summed E-state index contributed by atoms with van der Waals surface area (Å²) in [5.74, 6) is 0. The van der Waals surface area contributed by atoms with Crippen LogP contribution in [-0.2, 0) is 0 Å². The molecule has 2 aliphatic carbocycles. The average molecular weight is 173 g/mol. The zero-order valence-electron chi connectivity index (χ0n) is 7.79. The predicted molar refractivity (Wildman–Crippen MR) is 56.0 cm³/mol. The molecule has 1 heteroatoms. The Morgan fingerprint density at radius 2 is 1.85 bits per heavy atom. The van der Waals surface area contributed by atoms with E-state index in [9.17, 15) is 0 Å². The van der Waals surface area contributed by atoms with Crippen molar-refractivity contribution in [3.63, 3.8) is 0 Å². The Morgan fingerprint density at radius 3 is 2.54 bits per heavy atom. The van der Waals surface area contributed by atoms with Crippen LogP contribution < -0.4 is 5.73 Å². The molecule has 2 rings (SSSR count). The van der Waals surface area contributed by atoms with Crippen LogP contribution >= 0.6 is 0 Å². The lowest BCUT2D eigenvalue weighted by Gasteiger charge is -2.13. The molecule has 0 aromatic carbocycles. The topological polar surface area (TPSA) is 26.0 Å². The Morgan fingerprint density at radius 1 is 1.00 bits per heavy atom. The second kappa shape index (κ2) is 3.65. The lowest BCUT2D eigenvalue weighted by atomic mass is 9.94. The van der Waals surface area contributed by atoms with Crippen LogP contribution in [0.3, 0.4) is 0 Å². The number of rotatable bonds is 1. The predicted octanol–water partition coefficient (Wildman–Crippen LogP) is 2.83. The maximum atomic E-state index is 5.80. The zero-order chi connectivity index (χ0) is 9.10. The Labute approximate surface area is 79.3 Å². The molecule has 0 heterocycles. The first-order valence-corrected chi connectivity index (χ1v) is 4.89. The van der Waals surface area contributed by atoms with Crippen molar-refractivity contribution in [1.29, 1.82) is 0 Å². The molecule has 0 radical (unpaired) electrons. The van der Waals surface area contributed by atoms with Crippen LogP contribution in [0, 0.1) is 0 Å². The molecule has 0 aromatic heterocycles. The van der Waals surface area contributed by atoms with E-state index in [1.165, 1.54) is 17.6 Å². The molecule has 13 heavy (non-hydrogen) atoms. The number of nitrogens with two attached hydrogens (primary N) is 1. The van der Waals surface area contributed by atoms with Gasteiger partial charge >= 0.3 is 0 Å². The summed E-state index contributed by atoms with van der Waals surface area (Å²) in [6, 6.07) is 0. The van der Waals surface area contributed by atoms with E-state index in [1.54, 1.807) is 0 Å². The van der Waals surface area contributed by atoms with Gasteiger partial charge in [0.1, 0.15) is 0 Å². The van der Waals surface area contributed by atoms with Gasteiger partial charge in [-0.3, -0.25) is 0 Å². The van der Waals surface area contributed by atoms with Gasteiger partial charge in [0.25, 0.3) is 0 Å². The standard InChI is InChI=1S/C12H15N/c13-12-8-4-7-11(9-12)10-5-2-1-3-6-10/h2,5-7,9H,1,3-4,8,13H2. The fourth-order valence-electron chi connectivity index (χ4n) is 1.75. The lowest BCUT2D eigenvalue weighted by Crippen LogP contribution is -2.02. The minimum atomic E-state index is 1.01. The molecule has 0 saturated carbocycles. The van der Waals surface area contributed by atoms with Gasteiger partial charge in [0.15, 0.2) is 0 Å². The summed E-state index contributed by atoms with van der Waals surface area (Å²) in [5.41, 5.74) is 9.46. The van der Waals surface area contributed by atoms with E-state index in [0.29, 0.717) is 0 Å². The molecule has 0 amide bonds. The summed E-state index contributed by atoms with van der Waals surface area (Å²) in [4.78, 5) is 0. The van der Waals surface area contributed by atoms with Crippen LogP contribution in [-0.4, -0.2) is 0 Å². The number of hydrogen-bond acceptors (Lipinski definition) is 1. The van der Waals surface area contributed by atoms with Crippen LogP contribution in [0.25, 0.3) is 0 Å². The maximum absolute atomic E-state index is 5.80. The van der Waals surface area contributed by atoms with E-state index in [0.717, 1.165) is 25.0 Å². The van der Waals surface area contributed by atoms with Gasteiger partial charge in [0, 0.05) is 5.70 Å². The quantitative estimate of drug-likeness (QED) is 0.648. The second-order valence-electron chi connectivity index (χ2n) is 3.56. The Bertz CT molecular complexity index is 316. The summed E-state index contributed by atoms with van der Waals surface area (Å²) in [6.07, 6.45) is 15.5. The summed E-state index contributed by atoms with van der Waals surface area (Å²) < 4.78 is 0. The van der Waals surface area contributed by atoms with Gasteiger partial charge < -0.3 is 5.73 Å². The molecule has 2 aliphatic rings. The fourth-order valence-corrected chi connectivity index (χ4v) is 1.75. The third kappa shape index (κ3) is 1.92. The van der Waals surface area contributed by atoms with Crippen molar-refractivity contribution >= 4 is 0 Å². The molecule has 0 spiro atoms. The second-order valence-corrected chi connectivity index (χ2v) is 3.56. The van der Waals surface area contributed by atoms with Crippen LogP contribution in [0.1, 0.15) is 25.7 Å². The molecule has 68 valence electrons. The van der Waals surface area contributed by atoms with Crippen molar-refractivity contribution in [3.05, 3.63) is 47.2 Å². The highest BCUT2D eigenvalue weighted by atomic mass is 14.6. The monoisotopic (exact) mass is 173 g/mol. The largest absolute Gasteiger partial charge is 0.402 e. The first-order valence-electron chi connectivity index (χ1n) is 4.89. The molecule has 0 bridgehead atoms. The lowest BCUT2D eigenvalue weighted by molar-refractivity contribution is 0.928. The van der Waals surface area contributed by atoms with E-state index < -0.39 is 0 Å². The van der Waals surface area contributed by atoms with Gasteiger partial charge in [-0.1, -0.05) is 24.3 Å². The van der Waals surface area contributed by atoms with Gasteiger partial charge in [0.2, 0.25) is 0 Å². The molecular weight excluding hydrogens is 158 g/mol. The highest BCUT2D eigenvalue weighted by molar-refractivity contribution is 5.49. The van der Waals surface area contributed by atoms with E-state index >= 15 is 0 Å². The number of hydrogen-bond donors (Lipinski definition) is 1.